The first kappa shape index (κ1) is 11.0. The normalized spacial score (nSPS) is 17.3. The molecule has 16 heavy (non-hydrogen) atoms. The van der Waals surface area contributed by atoms with E-state index in [-0.39, 0.29) is 12.3 Å². The van der Waals surface area contributed by atoms with Crippen molar-refractivity contribution < 1.29 is 4.79 Å². The molecule has 0 spiro atoms. The fourth-order valence-corrected chi connectivity index (χ4v) is 2.19. The maximum Gasteiger partial charge on any atom is 0.230 e. The summed E-state index contributed by atoms with van der Waals surface area (Å²) in [5, 5.41) is 13.4. The van der Waals surface area contributed by atoms with E-state index in [0.717, 1.165) is 12.8 Å². The molecule has 1 aliphatic rings. The molecular weight excluding hydrogens is 206 g/mol. The molecule has 1 aliphatic carbocycles. The van der Waals surface area contributed by atoms with Gasteiger partial charge in [-0.15, -0.1) is 10.2 Å². The second kappa shape index (κ2) is 5.05. The van der Waals surface area contributed by atoms with Gasteiger partial charge in [-0.2, -0.15) is 5.21 Å². The number of tetrazole rings is 1. The summed E-state index contributed by atoms with van der Waals surface area (Å²) in [6.45, 7) is 0. The fourth-order valence-electron chi connectivity index (χ4n) is 2.19. The zero-order chi connectivity index (χ0) is 11.4. The topological polar surface area (TPSA) is 74.8 Å². The van der Waals surface area contributed by atoms with Crippen molar-refractivity contribution in [3.63, 3.8) is 0 Å². The van der Waals surface area contributed by atoms with E-state index in [4.69, 9.17) is 0 Å². The van der Waals surface area contributed by atoms with Crippen molar-refractivity contribution in [2.24, 2.45) is 0 Å². The van der Waals surface area contributed by atoms with Gasteiger partial charge in [-0.05, 0) is 12.8 Å². The van der Waals surface area contributed by atoms with Crippen LogP contribution < -0.4 is 0 Å². The van der Waals surface area contributed by atoms with Crippen molar-refractivity contribution in [1.82, 2.24) is 25.5 Å². The number of rotatable bonds is 3. The highest BCUT2D eigenvalue weighted by Crippen LogP contribution is 2.21. The molecule has 1 aromatic heterocycles. The lowest BCUT2D eigenvalue weighted by Gasteiger charge is -2.31. The van der Waals surface area contributed by atoms with Crippen LogP contribution in [0.4, 0.5) is 0 Å². The van der Waals surface area contributed by atoms with Crippen LogP contribution in [-0.2, 0) is 11.2 Å². The molecule has 6 heteroatoms. The average Bonchev–Trinajstić information content (AvgIpc) is 2.82. The molecule has 0 unspecified atom stereocenters. The average molecular weight is 223 g/mol. The Labute approximate surface area is 94.4 Å². The van der Waals surface area contributed by atoms with Gasteiger partial charge in [0.05, 0.1) is 6.42 Å². The third-order valence-electron chi connectivity index (χ3n) is 3.21. The van der Waals surface area contributed by atoms with Gasteiger partial charge in [-0.3, -0.25) is 4.79 Å². The summed E-state index contributed by atoms with van der Waals surface area (Å²) in [5.41, 5.74) is 0. The van der Waals surface area contributed by atoms with Crippen LogP contribution >= 0.6 is 0 Å². The molecular formula is C10H17N5O. The van der Waals surface area contributed by atoms with Crippen LogP contribution in [0.3, 0.4) is 0 Å². The molecule has 1 aromatic rings. The number of likely N-dealkylation sites (N-methyl/N-ethyl adjacent to an activating group) is 1. The number of aromatic amines is 1. The van der Waals surface area contributed by atoms with Crippen LogP contribution in [0.2, 0.25) is 0 Å². The van der Waals surface area contributed by atoms with Gasteiger partial charge in [0.15, 0.2) is 5.82 Å². The zero-order valence-electron chi connectivity index (χ0n) is 9.52. The Morgan fingerprint density at radius 1 is 1.44 bits per heavy atom. The molecule has 0 saturated heterocycles. The standard InChI is InChI=1S/C10H17N5O/c1-15(8-5-3-2-4-6-8)10(16)7-9-11-13-14-12-9/h8H,2-7H2,1H3,(H,11,12,13,14). The summed E-state index contributed by atoms with van der Waals surface area (Å²) < 4.78 is 0. The predicted octanol–water partition coefficient (Wildman–Crippen LogP) is 0.533. The van der Waals surface area contributed by atoms with E-state index < -0.39 is 0 Å². The number of nitrogens with zero attached hydrogens (tertiary/aromatic N) is 4. The summed E-state index contributed by atoms with van der Waals surface area (Å²) in [4.78, 5) is 13.8. The van der Waals surface area contributed by atoms with E-state index in [9.17, 15) is 4.79 Å². The summed E-state index contributed by atoms with van der Waals surface area (Å²) in [7, 11) is 1.87. The van der Waals surface area contributed by atoms with E-state index in [1.807, 2.05) is 11.9 Å². The van der Waals surface area contributed by atoms with Crippen LogP contribution in [0.25, 0.3) is 0 Å². The summed E-state index contributed by atoms with van der Waals surface area (Å²) in [6, 6.07) is 0.396. The summed E-state index contributed by atoms with van der Waals surface area (Å²) >= 11 is 0. The first-order valence-electron chi connectivity index (χ1n) is 5.75. The lowest BCUT2D eigenvalue weighted by atomic mass is 9.94. The number of hydrogen-bond donors (Lipinski definition) is 1. The maximum absolute atomic E-state index is 11.9. The molecule has 0 bridgehead atoms. The van der Waals surface area contributed by atoms with Gasteiger partial charge >= 0.3 is 0 Å². The molecule has 1 amide bonds. The molecule has 88 valence electrons. The van der Waals surface area contributed by atoms with Crippen LogP contribution in [0, 0.1) is 0 Å². The quantitative estimate of drug-likeness (QED) is 0.811. The second-order valence-corrected chi connectivity index (χ2v) is 4.30. The Bertz CT molecular complexity index is 331. The summed E-state index contributed by atoms with van der Waals surface area (Å²) in [6.07, 6.45) is 6.23. The Morgan fingerprint density at radius 3 is 2.81 bits per heavy atom. The largest absolute Gasteiger partial charge is 0.342 e. The lowest BCUT2D eigenvalue weighted by Crippen LogP contribution is -2.39. The van der Waals surface area contributed by atoms with Gasteiger partial charge < -0.3 is 4.90 Å². The smallest absolute Gasteiger partial charge is 0.230 e. The van der Waals surface area contributed by atoms with E-state index in [1.165, 1.54) is 19.3 Å². The number of carbonyl (C=O) groups is 1. The maximum atomic E-state index is 11.9. The molecule has 0 aromatic carbocycles. The number of aromatic nitrogens is 4. The van der Waals surface area contributed by atoms with E-state index in [0.29, 0.717) is 11.9 Å². The number of amides is 1. The van der Waals surface area contributed by atoms with Crippen molar-refractivity contribution in [3.8, 4) is 0 Å². The third-order valence-corrected chi connectivity index (χ3v) is 3.21. The van der Waals surface area contributed by atoms with Gasteiger partial charge in [0, 0.05) is 13.1 Å². The number of H-pyrrole nitrogens is 1. The third kappa shape index (κ3) is 2.56. The lowest BCUT2D eigenvalue weighted by molar-refractivity contribution is -0.131. The SMILES string of the molecule is CN(C(=O)Cc1nn[nH]n1)C1CCCCC1. The zero-order valence-corrected chi connectivity index (χ0v) is 9.52. The summed E-state index contributed by atoms with van der Waals surface area (Å²) in [5.74, 6) is 0.543. The molecule has 2 rings (SSSR count). The van der Waals surface area contributed by atoms with Crippen LogP contribution in [0.5, 0.6) is 0 Å². The van der Waals surface area contributed by atoms with Crippen molar-refractivity contribution in [2.45, 2.75) is 44.6 Å². The van der Waals surface area contributed by atoms with Crippen LogP contribution in [-0.4, -0.2) is 44.5 Å². The van der Waals surface area contributed by atoms with E-state index in [2.05, 4.69) is 20.6 Å². The van der Waals surface area contributed by atoms with Crippen molar-refractivity contribution >= 4 is 5.91 Å². The van der Waals surface area contributed by atoms with Crippen LogP contribution in [0.1, 0.15) is 37.9 Å². The predicted molar refractivity (Wildman–Crippen MR) is 57.5 cm³/mol. The highest BCUT2D eigenvalue weighted by molar-refractivity contribution is 5.77. The Morgan fingerprint density at radius 2 is 2.19 bits per heavy atom. The Kier molecular flexibility index (Phi) is 3.48. The van der Waals surface area contributed by atoms with Gasteiger partial charge in [0.25, 0.3) is 0 Å². The van der Waals surface area contributed by atoms with Crippen molar-refractivity contribution in [1.29, 1.82) is 0 Å². The number of hydrogen-bond acceptors (Lipinski definition) is 4. The Hall–Kier alpha value is -1.46. The number of carbonyl (C=O) groups excluding carboxylic acids is 1. The van der Waals surface area contributed by atoms with Gasteiger partial charge in [-0.1, -0.05) is 24.5 Å². The van der Waals surface area contributed by atoms with Gasteiger partial charge in [-0.25, -0.2) is 0 Å². The highest BCUT2D eigenvalue weighted by Gasteiger charge is 2.22. The molecule has 1 heterocycles. The van der Waals surface area contributed by atoms with E-state index >= 15 is 0 Å². The molecule has 0 atom stereocenters. The van der Waals surface area contributed by atoms with Gasteiger partial charge in [0.2, 0.25) is 5.91 Å². The minimum Gasteiger partial charge on any atom is -0.342 e. The molecule has 1 fully saturated rings. The monoisotopic (exact) mass is 223 g/mol. The molecule has 0 aliphatic heterocycles. The highest BCUT2D eigenvalue weighted by atomic mass is 16.2. The number of nitrogens with one attached hydrogen (secondary N) is 1. The first-order valence-corrected chi connectivity index (χ1v) is 5.75. The van der Waals surface area contributed by atoms with Crippen molar-refractivity contribution in [2.75, 3.05) is 7.05 Å². The fraction of sp³-hybridized carbons (Fsp3) is 0.800. The van der Waals surface area contributed by atoms with Crippen LogP contribution in [0.15, 0.2) is 0 Å². The minimum atomic E-state index is 0.0771. The van der Waals surface area contributed by atoms with Crippen molar-refractivity contribution in [3.05, 3.63) is 5.82 Å². The first-order chi connectivity index (χ1) is 7.77. The second-order valence-electron chi connectivity index (χ2n) is 4.30. The minimum absolute atomic E-state index is 0.0771. The molecule has 6 nitrogen and oxygen atoms in total. The molecule has 1 saturated carbocycles. The molecule has 0 radical (unpaired) electrons. The van der Waals surface area contributed by atoms with Gasteiger partial charge in [0.1, 0.15) is 0 Å². The van der Waals surface area contributed by atoms with E-state index in [1.54, 1.807) is 0 Å². The molecule has 1 N–H and O–H groups in total. The Balaban J connectivity index is 1.88.